The Kier molecular flexibility index (Phi) is 18.0. The lowest BCUT2D eigenvalue weighted by atomic mass is 9.89. The average molecular weight is 897 g/mol. The van der Waals surface area contributed by atoms with Crippen LogP contribution >= 0.6 is 0 Å². The van der Waals surface area contributed by atoms with Gasteiger partial charge in [0.15, 0.2) is 12.6 Å². The van der Waals surface area contributed by atoms with Crippen LogP contribution in [0, 0.1) is 5.92 Å². The zero-order chi connectivity index (χ0) is 45.2. The van der Waals surface area contributed by atoms with Gasteiger partial charge in [0.2, 0.25) is 0 Å². The van der Waals surface area contributed by atoms with Crippen molar-refractivity contribution in [1.82, 2.24) is 0 Å². The molecule has 0 saturated carbocycles. The van der Waals surface area contributed by atoms with E-state index in [0.717, 1.165) is 33.4 Å². The Morgan fingerprint density at radius 1 is 0.348 bits per heavy atom. The lowest BCUT2D eigenvalue weighted by Crippen LogP contribution is -2.62. The Morgan fingerprint density at radius 3 is 1.14 bits per heavy atom. The first kappa shape index (κ1) is 47.4. The summed E-state index contributed by atoms with van der Waals surface area (Å²) in [7, 11) is 0. The molecule has 0 radical (unpaired) electrons. The number of benzene rings is 6. The monoisotopic (exact) mass is 896 g/mol. The van der Waals surface area contributed by atoms with Crippen LogP contribution < -0.4 is 0 Å². The van der Waals surface area contributed by atoms with E-state index in [-0.39, 0.29) is 52.9 Å². The summed E-state index contributed by atoms with van der Waals surface area (Å²) in [6.07, 6.45) is -7.98. The predicted octanol–water partition coefficient (Wildman–Crippen LogP) is 8.20. The minimum absolute atomic E-state index is 0.101. The fraction of sp³-hybridized carbons (Fsp3) is 0.345. The summed E-state index contributed by atoms with van der Waals surface area (Å²) in [6.45, 7) is 1.30. The van der Waals surface area contributed by atoms with E-state index in [2.05, 4.69) is 0 Å². The largest absolute Gasteiger partial charge is 0.396 e. The first-order valence-corrected chi connectivity index (χ1v) is 22.7. The SMILES string of the molecule is OC[C@H]1[C@H](OCc2ccccc2)[C@@H](OCc2ccccc2)[C@@H](OC[C@H]2O[C@H](O)[C@H](OCc3ccccc3)[C@@H](OCc3ccccc3)[C@@H]2OCc2ccccc2)O[C@@H]1COCc1ccccc1. The molecule has 11 nitrogen and oxygen atoms in total. The van der Waals surface area contributed by atoms with Gasteiger partial charge in [0.25, 0.3) is 0 Å². The molecule has 11 heteroatoms. The van der Waals surface area contributed by atoms with Gasteiger partial charge in [-0.15, -0.1) is 0 Å². The third-order valence-electron chi connectivity index (χ3n) is 11.9. The number of ether oxygens (including phenoxy) is 9. The number of hydrogen-bond acceptors (Lipinski definition) is 11. The third kappa shape index (κ3) is 13.5. The zero-order valence-corrected chi connectivity index (χ0v) is 37.0. The molecule has 66 heavy (non-hydrogen) atoms. The van der Waals surface area contributed by atoms with Crippen LogP contribution in [0.15, 0.2) is 182 Å². The van der Waals surface area contributed by atoms with Crippen LogP contribution in [0.4, 0.5) is 0 Å². The number of hydrogen-bond donors (Lipinski definition) is 2. The highest BCUT2D eigenvalue weighted by Gasteiger charge is 2.51. The highest BCUT2D eigenvalue weighted by Crippen LogP contribution is 2.35. The maximum absolute atomic E-state index is 11.8. The Hall–Kier alpha value is -5.12. The smallest absolute Gasteiger partial charge is 0.186 e. The van der Waals surface area contributed by atoms with Crippen molar-refractivity contribution >= 4 is 0 Å². The number of aliphatic hydroxyl groups excluding tert-OH is 2. The van der Waals surface area contributed by atoms with Crippen LogP contribution in [0.2, 0.25) is 0 Å². The molecule has 0 unspecified atom stereocenters. The molecule has 2 saturated heterocycles. The molecule has 6 aromatic rings. The van der Waals surface area contributed by atoms with Crippen LogP contribution in [0.25, 0.3) is 0 Å². The van der Waals surface area contributed by atoms with Crippen LogP contribution in [0.1, 0.15) is 33.4 Å². The minimum atomic E-state index is -1.41. The standard InChI is InChI=1S/C55H60O11/c56-31-46-47(38-58-32-40-19-7-1-8-20-40)66-55(53(63-37-45-29-17-6-18-30-45)49(46)59-33-41-21-9-2-10-22-41)64-39-48-50(60-34-42-23-11-3-12-24-42)51(61-35-43-25-13-4-14-26-43)52(54(57)65-48)62-36-44-27-15-5-16-28-44/h1-30,46-57H,31-39H2/t46-,47-,48-,49+,50-,51+,52-,53-,54+,55+/m1/s1. The van der Waals surface area contributed by atoms with Gasteiger partial charge in [-0.2, -0.15) is 0 Å². The second-order valence-corrected chi connectivity index (χ2v) is 16.6. The Balaban J connectivity index is 1.09. The van der Waals surface area contributed by atoms with Gasteiger partial charge < -0.3 is 52.8 Å². The fourth-order valence-corrected chi connectivity index (χ4v) is 8.36. The molecule has 2 aliphatic heterocycles. The van der Waals surface area contributed by atoms with Crippen molar-refractivity contribution in [3.63, 3.8) is 0 Å². The molecule has 0 bridgehead atoms. The molecular formula is C55H60O11. The summed E-state index contributed by atoms with van der Waals surface area (Å²) in [5, 5.41) is 22.9. The van der Waals surface area contributed by atoms with E-state index in [4.69, 9.17) is 42.6 Å². The lowest BCUT2D eigenvalue weighted by molar-refractivity contribution is -0.343. The molecule has 0 spiro atoms. The van der Waals surface area contributed by atoms with E-state index in [1.807, 2.05) is 182 Å². The fourth-order valence-electron chi connectivity index (χ4n) is 8.36. The highest BCUT2D eigenvalue weighted by atomic mass is 16.7. The molecule has 0 amide bonds. The molecule has 2 aliphatic rings. The maximum atomic E-state index is 11.8. The van der Waals surface area contributed by atoms with Crippen molar-refractivity contribution in [1.29, 1.82) is 0 Å². The first-order chi connectivity index (χ1) is 32.6. The van der Waals surface area contributed by atoms with E-state index in [9.17, 15) is 10.2 Å². The van der Waals surface area contributed by atoms with Crippen molar-refractivity contribution in [2.24, 2.45) is 5.92 Å². The van der Waals surface area contributed by atoms with Crippen molar-refractivity contribution < 1.29 is 52.8 Å². The third-order valence-corrected chi connectivity index (χ3v) is 11.9. The average Bonchev–Trinajstić information content (AvgIpc) is 3.37. The van der Waals surface area contributed by atoms with E-state index >= 15 is 0 Å². The predicted molar refractivity (Wildman–Crippen MR) is 247 cm³/mol. The Bertz CT molecular complexity index is 2220. The normalized spacial score (nSPS) is 25.4. The summed E-state index contributed by atoms with van der Waals surface area (Å²) >= 11 is 0. The van der Waals surface area contributed by atoms with Gasteiger partial charge in [0.05, 0.1) is 71.7 Å². The van der Waals surface area contributed by atoms with E-state index < -0.39 is 61.2 Å². The summed E-state index contributed by atoms with van der Waals surface area (Å²) in [5.41, 5.74) is 5.74. The van der Waals surface area contributed by atoms with Crippen LogP contribution in [-0.4, -0.2) is 85.3 Å². The quantitative estimate of drug-likeness (QED) is 0.0648. The topological polar surface area (TPSA) is 124 Å². The molecular weight excluding hydrogens is 837 g/mol. The molecule has 2 heterocycles. The molecule has 346 valence electrons. The Labute approximate surface area is 387 Å². The van der Waals surface area contributed by atoms with Crippen molar-refractivity contribution in [2.45, 2.75) is 94.9 Å². The molecule has 8 rings (SSSR count). The van der Waals surface area contributed by atoms with Crippen molar-refractivity contribution in [3.8, 4) is 0 Å². The number of rotatable bonds is 23. The van der Waals surface area contributed by atoms with Crippen LogP contribution in [0.5, 0.6) is 0 Å². The van der Waals surface area contributed by atoms with Crippen LogP contribution in [0.3, 0.4) is 0 Å². The van der Waals surface area contributed by atoms with Crippen molar-refractivity contribution in [3.05, 3.63) is 215 Å². The van der Waals surface area contributed by atoms with Crippen LogP contribution in [-0.2, 0) is 82.3 Å². The van der Waals surface area contributed by atoms with E-state index in [0.29, 0.717) is 6.61 Å². The van der Waals surface area contributed by atoms with E-state index in [1.165, 1.54) is 0 Å². The molecule has 0 aromatic heterocycles. The van der Waals surface area contributed by atoms with E-state index in [1.54, 1.807) is 0 Å². The van der Waals surface area contributed by atoms with Gasteiger partial charge in [-0.05, 0) is 33.4 Å². The maximum Gasteiger partial charge on any atom is 0.186 e. The minimum Gasteiger partial charge on any atom is -0.396 e. The van der Waals surface area contributed by atoms with Gasteiger partial charge >= 0.3 is 0 Å². The molecule has 0 aliphatic carbocycles. The van der Waals surface area contributed by atoms with Gasteiger partial charge in [-0.3, -0.25) is 0 Å². The van der Waals surface area contributed by atoms with Crippen molar-refractivity contribution in [2.75, 3.05) is 19.8 Å². The van der Waals surface area contributed by atoms with Gasteiger partial charge in [0.1, 0.15) is 30.5 Å². The lowest BCUT2D eigenvalue weighted by Gasteiger charge is -2.47. The van der Waals surface area contributed by atoms with Gasteiger partial charge in [0, 0.05) is 5.92 Å². The molecule has 2 N–H and O–H groups in total. The van der Waals surface area contributed by atoms with Gasteiger partial charge in [-0.25, -0.2) is 0 Å². The first-order valence-electron chi connectivity index (χ1n) is 22.7. The summed E-state index contributed by atoms with van der Waals surface area (Å²) < 4.78 is 59.8. The molecule has 10 atom stereocenters. The summed E-state index contributed by atoms with van der Waals surface area (Å²) in [5.74, 6) is -0.543. The summed E-state index contributed by atoms with van der Waals surface area (Å²) in [4.78, 5) is 0. The number of aliphatic hydroxyl groups is 2. The van der Waals surface area contributed by atoms with Gasteiger partial charge in [-0.1, -0.05) is 182 Å². The summed E-state index contributed by atoms with van der Waals surface area (Å²) in [6, 6.07) is 59.1. The zero-order valence-electron chi connectivity index (χ0n) is 37.0. The highest BCUT2D eigenvalue weighted by molar-refractivity contribution is 5.18. The second kappa shape index (κ2) is 25.1. The second-order valence-electron chi connectivity index (χ2n) is 16.6. The molecule has 6 aromatic carbocycles. The Morgan fingerprint density at radius 2 is 0.712 bits per heavy atom. The molecule has 2 fully saturated rings.